The number of sulfonamides is 1. The number of rotatable bonds is 6. The Hall–Kier alpha value is -3.32. The summed E-state index contributed by atoms with van der Waals surface area (Å²) in [5, 5.41) is 8.85. The first-order valence-corrected chi connectivity index (χ1v) is 13.5. The molecule has 0 fully saturated rings. The van der Waals surface area contributed by atoms with Crippen LogP contribution in [0.5, 0.6) is 5.75 Å². The molecular formula is C29H33NO5S. The maximum atomic E-state index is 13.7. The number of ether oxygens (including phenoxy) is 1. The van der Waals surface area contributed by atoms with Gasteiger partial charge in [0.25, 0.3) is 10.0 Å². The molecule has 190 valence electrons. The summed E-state index contributed by atoms with van der Waals surface area (Å²) in [6, 6.07) is 17.3. The summed E-state index contributed by atoms with van der Waals surface area (Å²) in [5.74, 6) is -0.694. The van der Waals surface area contributed by atoms with E-state index in [-0.39, 0.29) is 16.2 Å². The molecule has 1 heterocycles. The first kappa shape index (κ1) is 25.8. The summed E-state index contributed by atoms with van der Waals surface area (Å²) >= 11 is 0. The van der Waals surface area contributed by atoms with Crippen LogP contribution >= 0.6 is 0 Å². The van der Waals surface area contributed by atoms with Gasteiger partial charge in [-0.2, -0.15) is 0 Å². The van der Waals surface area contributed by atoms with E-state index < -0.39 is 22.6 Å². The molecule has 1 aliphatic rings. The third-order valence-electron chi connectivity index (χ3n) is 6.72. The highest BCUT2D eigenvalue weighted by atomic mass is 32.2. The van der Waals surface area contributed by atoms with Gasteiger partial charge in [-0.15, -0.1) is 0 Å². The van der Waals surface area contributed by atoms with Gasteiger partial charge in [0.05, 0.1) is 10.6 Å². The molecule has 0 saturated heterocycles. The second kappa shape index (κ2) is 9.28. The van der Waals surface area contributed by atoms with Crippen molar-refractivity contribution in [3.8, 4) is 16.9 Å². The standard InChI is InChI=1S/C29H33NO5S/c1-18-14-24(11-12-26(18)35-17-27(31)32)36(33,34)30-16-20(3)25-15-22(13-19(2)28(25)30)21-7-9-23(10-8-21)29(4,5)6/h7-15,20H,16-17H2,1-6H3,(H,31,32). The maximum absolute atomic E-state index is 13.7. The number of benzene rings is 3. The summed E-state index contributed by atoms with van der Waals surface area (Å²) in [6.45, 7) is 12.2. The third kappa shape index (κ3) is 4.85. The molecule has 1 aliphatic heterocycles. The highest BCUT2D eigenvalue weighted by Gasteiger charge is 2.36. The number of aryl methyl sites for hydroxylation is 2. The van der Waals surface area contributed by atoms with E-state index in [9.17, 15) is 13.2 Å². The molecule has 6 nitrogen and oxygen atoms in total. The number of anilines is 1. The summed E-state index contributed by atoms with van der Waals surface area (Å²) in [5.41, 5.74) is 6.76. The molecule has 0 radical (unpaired) electrons. The first-order chi connectivity index (χ1) is 16.8. The van der Waals surface area contributed by atoms with Gasteiger partial charge in [0.1, 0.15) is 5.75 Å². The lowest BCUT2D eigenvalue weighted by atomic mass is 9.86. The van der Waals surface area contributed by atoms with E-state index in [0.29, 0.717) is 17.9 Å². The SMILES string of the molecule is Cc1cc(S(=O)(=O)N2CC(C)c3cc(-c4ccc(C(C)(C)C)cc4)cc(C)c32)ccc1OCC(=O)O. The van der Waals surface area contributed by atoms with Crippen LogP contribution in [0.4, 0.5) is 5.69 Å². The fourth-order valence-electron chi connectivity index (χ4n) is 4.72. The summed E-state index contributed by atoms with van der Waals surface area (Å²) in [4.78, 5) is 11.0. The number of nitrogens with zero attached hydrogens (tertiary/aromatic N) is 1. The zero-order valence-electron chi connectivity index (χ0n) is 21.6. The molecule has 36 heavy (non-hydrogen) atoms. The second-order valence-corrected chi connectivity index (χ2v) is 12.5. The van der Waals surface area contributed by atoms with Crippen LogP contribution in [0.25, 0.3) is 11.1 Å². The Kier molecular flexibility index (Phi) is 6.64. The van der Waals surface area contributed by atoms with Gasteiger partial charge >= 0.3 is 5.97 Å². The van der Waals surface area contributed by atoms with Crippen molar-refractivity contribution < 1.29 is 23.1 Å². The largest absolute Gasteiger partial charge is 0.482 e. The summed E-state index contributed by atoms with van der Waals surface area (Å²) in [7, 11) is -3.82. The third-order valence-corrected chi connectivity index (χ3v) is 8.48. The average molecular weight is 508 g/mol. The predicted molar refractivity (Wildman–Crippen MR) is 143 cm³/mol. The molecule has 0 bridgehead atoms. The Labute approximate surface area is 213 Å². The van der Waals surface area contributed by atoms with Crippen LogP contribution < -0.4 is 9.04 Å². The number of fused-ring (bicyclic) bond motifs is 1. The van der Waals surface area contributed by atoms with Crippen LogP contribution in [-0.2, 0) is 20.2 Å². The molecule has 0 amide bonds. The van der Waals surface area contributed by atoms with E-state index in [1.54, 1.807) is 6.92 Å². The van der Waals surface area contributed by atoms with Crippen molar-refractivity contribution in [2.75, 3.05) is 17.5 Å². The zero-order chi connectivity index (χ0) is 26.4. The predicted octanol–water partition coefficient (Wildman–Crippen LogP) is 6.04. The van der Waals surface area contributed by atoms with Gasteiger partial charge in [0.15, 0.2) is 6.61 Å². The number of hydrogen-bond donors (Lipinski definition) is 1. The van der Waals surface area contributed by atoms with Crippen LogP contribution in [0.2, 0.25) is 0 Å². The molecule has 0 saturated carbocycles. The smallest absolute Gasteiger partial charge is 0.341 e. The molecule has 1 N–H and O–H groups in total. The van der Waals surface area contributed by atoms with Crippen LogP contribution in [0.3, 0.4) is 0 Å². The topological polar surface area (TPSA) is 83.9 Å². The molecule has 4 rings (SSSR count). The van der Waals surface area contributed by atoms with Gasteiger partial charge < -0.3 is 9.84 Å². The van der Waals surface area contributed by atoms with Crippen molar-refractivity contribution in [3.63, 3.8) is 0 Å². The van der Waals surface area contributed by atoms with Crippen molar-refractivity contribution in [2.24, 2.45) is 0 Å². The number of carbonyl (C=O) groups is 1. The molecule has 7 heteroatoms. The first-order valence-electron chi connectivity index (χ1n) is 12.0. The molecule has 0 spiro atoms. The van der Waals surface area contributed by atoms with E-state index in [4.69, 9.17) is 9.84 Å². The average Bonchev–Trinajstić information content (AvgIpc) is 3.15. The molecular weight excluding hydrogens is 474 g/mol. The lowest BCUT2D eigenvalue weighted by Gasteiger charge is -2.22. The van der Waals surface area contributed by atoms with E-state index >= 15 is 0 Å². The van der Waals surface area contributed by atoms with Gasteiger partial charge in [-0.05, 0) is 83.0 Å². The number of aliphatic carboxylic acids is 1. The van der Waals surface area contributed by atoms with E-state index in [1.165, 1.54) is 28.1 Å². The molecule has 1 atom stereocenters. The minimum Gasteiger partial charge on any atom is -0.482 e. The Morgan fingerprint density at radius 1 is 1.00 bits per heavy atom. The Bertz CT molecular complexity index is 1420. The van der Waals surface area contributed by atoms with Gasteiger partial charge in [0.2, 0.25) is 0 Å². The van der Waals surface area contributed by atoms with Gasteiger partial charge in [-0.1, -0.05) is 52.0 Å². The molecule has 1 unspecified atom stereocenters. The summed E-state index contributed by atoms with van der Waals surface area (Å²) in [6.07, 6.45) is 0. The minimum absolute atomic E-state index is 0.0431. The highest BCUT2D eigenvalue weighted by Crippen LogP contribution is 2.44. The number of carboxylic acid groups (broad SMARTS) is 1. The maximum Gasteiger partial charge on any atom is 0.341 e. The monoisotopic (exact) mass is 507 g/mol. The molecule has 0 aliphatic carbocycles. The van der Waals surface area contributed by atoms with Gasteiger partial charge in [-0.3, -0.25) is 4.31 Å². The molecule has 3 aromatic rings. The van der Waals surface area contributed by atoms with Crippen LogP contribution in [0.1, 0.15) is 55.9 Å². The molecule has 3 aromatic carbocycles. The van der Waals surface area contributed by atoms with Crippen molar-refractivity contribution in [1.82, 2.24) is 0 Å². The van der Waals surface area contributed by atoms with E-state index in [1.807, 2.05) is 13.8 Å². The van der Waals surface area contributed by atoms with Gasteiger partial charge in [0, 0.05) is 12.5 Å². The lowest BCUT2D eigenvalue weighted by Crippen LogP contribution is -2.30. The van der Waals surface area contributed by atoms with Crippen molar-refractivity contribution in [2.45, 2.75) is 57.8 Å². The lowest BCUT2D eigenvalue weighted by molar-refractivity contribution is -0.139. The van der Waals surface area contributed by atoms with Crippen LogP contribution in [0.15, 0.2) is 59.5 Å². The second-order valence-electron chi connectivity index (χ2n) is 10.6. The van der Waals surface area contributed by atoms with Crippen molar-refractivity contribution in [3.05, 3.63) is 76.9 Å². The van der Waals surface area contributed by atoms with Crippen molar-refractivity contribution >= 4 is 21.7 Å². The van der Waals surface area contributed by atoms with Crippen molar-refractivity contribution in [1.29, 1.82) is 0 Å². The minimum atomic E-state index is -3.82. The Balaban J connectivity index is 1.69. The zero-order valence-corrected chi connectivity index (χ0v) is 22.4. The van der Waals surface area contributed by atoms with Crippen LogP contribution in [-0.4, -0.2) is 32.6 Å². The number of hydrogen-bond acceptors (Lipinski definition) is 4. The van der Waals surface area contributed by atoms with Crippen LogP contribution in [0, 0.1) is 13.8 Å². The summed E-state index contributed by atoms with van der Waals surface area (Å²) < 4.78 is 34.2. The fraction of sp³-hybridized carbons (Fsp3) is 0.345. The quantitative estimate of drug-likeness (QED) is 0.439. The van der Waals surface area contributed by atoms with Gasteiger partial charge in [-0.25, -0.2) is 13.2 Å². The Morgan fingerprint density at radius 3 is 2.25 bits per heavy atom. The Morgan fingerprint density at radius 2 is 1.67 bits per heavy atom. The van der Waals surface area contributed by atoms with E-state index in [0.717, 1.165) is 27.9 Å². The normalized spacial score (nSPS) is 15.6. The molecule has 0 aromatic heterocycles. The van der Waals surface area contributed by atoms with E-state index in [2.05, 4.69) is 57.2 Å². The highest BCUT2D eigenvalue weighted by molar-refractivity contribution is 7.92. The number of carboxylic acids is 1. The fourth-order valence-corrected chi connectivity index (χ4v) is 6.45.